The van der Waals surface area contributed by atoms with Crippen LogP contribution >= 0.6 is 7.92 Å². The van der Waals surface area contributed by atoms with Gasteiger partial charge in [-0.25, -0.2) is 0 Å². The van der Waals surface area contributed by atoms with Crippen molar-refractivity contribution in [1.29, 1.82) is 0 Å². The summed E-state index contributed by atoms with van der Waals surface area (Å²) < 4.78 is 22.5. The monoisotopic (exact) mass is 636 g/mol. The van der Waals surface area contributed by atoms with Gasteiger partial charge in [-0.1, -0.05) is 38.3 Å². The topological polar surface area (TPSA) is 76.8 Å². The van der Waals surface area contributed by atoms with Gasteiger partial charge in [0.05, 0.1) is 0 Å². The molecule has 1 fully saturated rings. The maximum absolute atomic E-state index is 8.87. The Morgan fingerprint density at radius 2 is 1.15 bits per heavy atom. The molecule has 0 aliphatic heterocycles. The van der Waals surface area contributed by atoms with Gasteiger partial charge in [0.1, 0.15) is 0 Å². The molecule has 1 aromatic carbocycles. The largest absolute Gasteiger partial charge is 1.00 e. The summed E-state index contributed by atoms with van der Waals surface area (Å²) in [5.41, 5.74) is 0. The molecular weight excluding hydrogens is 616 g/mol. The fourth-order valence-corrected chi connectivity index (χ4v) is 1.82. The number of carbonyl (C=O) groups excluding carboxylic acids is 1. The third-order valence-corrected chi connectivity index (χ3v) is 3.23. The van der Waals surface area contributed by atoms with Gasteiger partial charge in [-0.2, -0.15) is 0 Å². The Hall–Kier alpha value is -0.460. The quantitative estimate of drug-likeness (QED) is 0.162. The van der Waals surface area contributed by atoms with E-state index in [1.165, 1.54) is 11.6 Å². The molecule has 1 aromatic rings. The van der Waals surface area contributed by atoms with E-state index >= 15 is 0 Å². The molecule has 0 amide bonds. The van der Waals surface area contributed by atoms with Gasteiger partial charge >= 0.3 is 53.7 Å². The van der Waals surface area contributed by atoms with Crippen molar-refractivity contribution < 1.29 is 58.0 Å². The molecule has 0 heterocycles. The van der Waals surface area contributed by atoms with Crippen LogP contribution in [0.1, 0.15) is 0 Å². The first kappa shape index (κ1) is 40.3. The zero-order valence-electron chi connectivity index (χ0n) is 14.2. The van der Waals surface area contributed by atoms with E-state index < -0.39 is 0 Å². The van der Waals surface area contributed by atoms with Gasteiger partial charge in [0.15, 0.2) is 0 Å². The van der Waals surface area contributed by atoms with Crippen LogP contribution in [-0.2, 0) is 58.0 Å². The minimum atomic E-state index is 0. The van der Waals surface area contributed by atoms with Gasteiger partial charge in [0, 0.05) is 19.5 Å². The van der Waals surface area contributed by atoms with Crippen LogP contribution in [0.15, 0.2) is 36.4 Å². The second kappa shape index (κ2) is 44.2. The van der Waals surface area contributed by atoms with E-state index in [4.69, 9.17) is 18.8 Å². The van der Waals surface area contributed by atoms with E-state index in [9.17, 15) is 0 Å². The molecule has 0 bridgehead atoms. The van der Waals surface area contributed by atoms with Crippen molar-refractivity contribution in [3.8, 4) is 0 Å². The zero-order chi connectivity index (χ0) is 19.6. The molecule has 0 spiro atoms. The Morgan fingerprint density at radius 1 is 0.885 bits per heavy atom. The molecule has 4 nitrogen and oxygen atoms in total. The number of hydrogen-bond acceptors (Lipinski definition) is 1. The van der Waals surface area contributed by atoms with Gasteiger partial charge < -0.3 is 17.4 Å². The number of hydrogen-bond donors (Lipinski definition) is 0. The molecule has 0 unspecified atom stereocenters. The minimum absolute atomic E-state index is 0. The summed E-state index contributed by atoms with van der Waals surface area (Å²) in [7, 11) is 0.104. The second-order valence-electron chi connectivity index (χ2n) is 3.48. The maximum Gasteiger partial charge on any atom is 1.00 e. The van der Waals surface area contributed by atoms with E-state index in [1.807, 2.05) is 32.1 Å². The molecular formula is C19H18O4OsPRh-. The van der Waals surface area contributed by atoms with Gasteiger partial charge in [-0.3, -0.25) is 6.29 Å². The van der Waals surface area contributed by atoms with E-state index in [0.29, 0.717) is 0 Å². The third-order valence-electron chi connectivity index (χ3n) is 1.90. The minimum Gasteiger partial charge on any atom is -0.547 e. The van der Waals surface area contributed by atoms with Crippen molar-refractivity contribution in [1.82, 2.24) is 0 Å². The number of allylic oxidation sites excluding steroid dienone is 1. The standard InChI is InChI=1S/C8H11P.C5H5.C3H2O.3CO.Os.Rh/c1-9(2)8-6-4-3-5-7-8;1-2-4-5-3-1;1-2-3-4;3*1-2;;/h3-7H,1-2H3;1-5H;1-2H;;;;;/q;;-2;;;;+1;. The van der Waals surface area contributed by atoms with Crippen LogP contribution < -0.4 is 5.30 Å². The molecule has 1 saturated carbocycles. The van der Waals surface area contributed by atoms with Crippen LogP contribution in [0.2, 0.25) is 0 Å². The van der Waals surface area contributed by atoms with E-state index in [0.717, 1.165) is 6.08 Å². The SMILES string of the molecule is CP(C)c1ccccc1.[C-]#[O+].[C-]#[O+].[C-]#[O+].[CH-]=C[C-]=O.[CH]1[CH][CH][CH][CH]1.[Os+].[Rh]. The molecule has 7 heteroatoms. The van der Waals surface area contributed by atoms with Crippen LogP contribution in [-0.4, -0.2) is 19.6 Å². The van der Waals surface area contributed by atoms with Crippen molar-refractivity contribution in [2.24, 2.45) is 0 Å². The van der Waals surface area contributed by atoms with Crippen molar-refractivity contribution in [3.63, 3.8) is 0 Å². The maximum atomic E-state index is 8.87. The third kappa shape index (κ3) is 38.9. The molecule has 0 saturated heterocycles. The molecule has 26 heavy (non-hydrogen) atoms. The van der Waals surface area contributed by atoms with Gasteiger partial charge in [-0.15, -0.1) is 0 Å². The average Bonchev–Trinajstić information content (AvgIpc) is 3.27. The van der Waals surface area contributed by atoms with Gasteiger partial charge in [-0.05, 0) is 50.7 Å². The fourth-order valence-electron chi connectivity index (χ4n) is 1.05. The average molecular weight is 634 g/mol. The predicted molar refractivity (Wildman–Crippen MR) is 92.7 cm³/mol. The summed E-state index contributed by atoms with van der Waals surface area (Å²) in [5.74, 6) is 0. The van der Waals surface area contributed by atoms with Crippen molar-refractivity contribution in [3.05, 3.63) is 95.0 Å². The molecule has 1 aliphatic carbocycles. The molecule has 141 valence electrons. The van der Waals surface area contributed by atoms with Crippen LogP contribution in [0, 0.1) is 58.6 Å². The molecule has 7 radical (unpaired) electrons. The molecule has 0 atom stereocenters. The van der Waals surface area contributed by atoms with Crippen LogP contribution in [0.25, 0.3) is 0 Å². The summed E-state index contributed by atoms with van der Waals surface area (Å²) in [6.07, 6.45) is 12.2. The Labute approximate surface area is 185 Å². The first-order valence-electron chi connectivity index (χ1n) is 6.13. The Kier molecular flexibility index (Phi) is 68.5. The Bertz CT molecular complexity index is 402. The Balaban J connectivity index is -0.0000000514. The number of benzene rings is 1. The van der Waals surface area contributed by atoms with Gasteiger partial charge in [0.25, 0.3) is 0 Å². The summed E-state index contributed by atoms with van der Waals surface area (Å²) in [4.78, 5) is 8.87. The normalized spacial score (nSPS) is 9.12. The molecule has 1 aliphatic rings. The van der Waals surface area contributed by atoms with Crippen LogP contribution in [0.3, 0.4) is 0 Å². The van der Waals surface area contributed by atoms with Crippen molar-refractivity contribution in [2.45, 2.75) is 0 Å². The van der Waals surface area contributed by atoms with E-state index in [2.05, 4.69) is 70.2 Å². The molecule has 0 aromatic heterocycles. The number of rotatable bonds is 2. The first-order valence-corrected chi connectivity index (χ1v) is 8.37. The van der Waals surface area contributed by atoms with Crippen LogP contribution in [0.5, 0.6) is 0 Å². The van der Waals surface area contributed by atoms with Crippen molar-refractivity contribution >= 4 is 19.5 Å². The summed E-state index contributed by atoms with van der Waals surface area (Å²) in [6, 6.07) is 10.6. The van der Waals surface area contributed by atoms with E-state index in [1.54, 1.807) is 0 Å². The van der Waals surface area contributed by atoms with Gasteiger partial charge in [0.2, 0.25) is 0 Å². The van der Waals surface area contributed by atoms with E-state index in [-0.39, 0.29) is 47.2 Å². The fraction of sp³-hybridized carbons (Fsp3) is 0.105. The predicted octanol–water partition coefficient (Wildman–Crippen LogP) is 3.04. The Morgan fingerprint density at radius 3 is 1.31 bits per heavy atom. The second-order valence-corrected chi connectivity index (χ2v) is 5.78. The summed E-state index contributed by atoms with van der Waals surface area (Å²) in [5, 5.41) is 1.48. The molecule has 2 rings (SSSR count). The smallest absolute Gasteiger partial charge is 0.547 e. The van der Waals surface area contributed by atoms with Crippen molar-refractivity contribution in [2.75, 3.05) is 13.3 Å². The molecule has 0 N–H and O–H groups in total. The summed E-state index contributed by atoms with van der Waals surface area (Å²) in [6.45, 7) is 22.5. The zero-order valence-corrected chi connectivity index (χ0v) is 19.3. The summed E-state index contributed by atoms with van der Waals surface area (Å²) >= 11 is 0. The first-order chi connectivity index (χ1) is 11.7. The van der Waals surface area contributed by atoms with Crippen LogP contribution in [0.4, 0.5) is 0 Å².